The lowest BCUT2D eigenvalue weighted by atomic mass is 9.87. The molecule has 1 heterocycles. The Kier molecular flexibility index (Phi) is 5.43. The lowest BCUT2D eigenvalue weighted by Gasteiger charge is -2.20. The van der Waals surface area contributed by atoms with Gasteiger partial charge in [-0.25, -0.2) is 0 Å². The average molecular weight is 283 g/mol. The van der Waals surface area contributed by atoms with Gasteiger partial charge in [-0.2, -0.15) is 0 Å². The maximum absolute atomic E-state index is 12.4. The van der Waals surface area contributed by atoms with Crippen LogP contribution in [-0.2, 0) is 11.2 Å². The molecule has 4 heteroatoms. The predicted octanol–water partition coefficient (Wildman–Crippen LogP) is 2.58. The summed E-state index contributed by atoms with van der Waals surface area (Å²) in [4.78, 5) is 20.6. The van der Waals surface area contributed by atoms with Gasteiger partial charge in [-0.05, 0) is 11.5 Å². The Hall–Kier alpha value is -2.23. The normalized spacial score (nSPS) is 12.1. The second-order valence-corrected chi connectivity index (χ2v) is 5.37. The van der Waals surface area contributed by atoms with Gasteiger partial charge >= 0.3 is 0 Å². The second kappa shape index (κ2) is 7.53. The molecule has 0 saturated heterocycles. The van der Waals surface area contributed by atoms with E-state index in [2.05, 4.69) is 29.1 Å². The summed E-state index contributed by atoms with van der Waals surface area (Å²) >= 11 is 0. The maximum atomic E-state index is 12.4. The summed E-state index contributed by atoms with van der Waals surface area (Å²) in [6, 6.07) is 9.92. The Bertz CT molecular complexity index is 555. The number of amides is 1. The molecule has 0 fully saturated rings. The first kappa shape index (κ1) is 15.2. The fourth-order valence-corrected chi connectivity index (χ4v) is 2.38. The van der Waals surface area contributed by atoms with Crippen molar-refractivity contribution in [2.45, 2.75) is 26.2 Å². The molecule has 0 bridgehead atoms. The fourth-order valence-electron chi connectivity index (χ4n) is 2.38. The van der Waals surface area contributed by atoms with E-state index in [1.807, 2.05) is 30.3 Å². The van der Waals surface area contributed by atoms with Gasteiger partial charge in [-0.3, -0.25) is 14.8 Å². The molecule has 1 amide bonds. The molecule has 2 aromatic rings. The molecule has 110 valence electrons. The van der Waals surface area contributed by atoms with Gasteiger partial charge in [-0.15, -0.1) is 0 Å². The maximum Gasteiger partial charge on any atom is 0.227 e. The number of nitrogens with one attached hydrogen (secondary N) is 1. The minimum atomic E-state index is -0.118. The number of nitrogens with zero attached hydrogens (tertiary/aromatic N) is 2. The van der Waals surface area contributed by atoms with Gasteiger partial charge in [-0.1, -0.05) is 44.2 Å². The minimum Gasteiger partial charge on any atom is -0.355 e. The van der Waals surface area contributed by atoms with E-state index < -0.39 is 0 Å². The second-order valence-electron chi connectivity index (χ2n) is 5.37. The van der Waals surface area contributed by atoms with Gasteiger partial charge < -0.3 is 5.32 Å². The van der Waals surface area contributed by atoms with Crippen molar-refractivity contribution < 1.29 is 4.79 Å². The molecule has 0 saturated carbocycles. The molecule has 0 aliphatic rings. The van der Waals surface area contributed by atoms with E-state index in [0.717, 1.165) is 11.3 Å². The summed E-state index contributed by atoms with van der Waals surface area (Å²) < 4.78 is 0. The van der Waals surface area contributed by atoms with Crippen LogP contribution in [0.2, 0.25) is 0 Å². The fraction of sp³-hybridized carbons (Fsp3) is 0.353. The zero-order chi connectivity index (χ0) is 15.1. The predicted molar refractivity (Wildman–Crippen MR) is 82.8 cm³/mol. The Labute approximate surface area is 125 Å². The van der Waals surface area contributed by atoms with Crippen molar-refractivity contribution in [3.05, 3.63) is 60.2 Å². The van der Waals surface area contributed by atoms with Crippen LogP contribution in [0.5, 0.6) is 0 Å². The number of rotatable bonds is 6. The van der Waals surface area contributed by atoms with Crippen molar-refractivity contribution >= 4 is 5.91 Å². The summed E-state index contributed by atoms with van der Waals surface area (Å²) in [5.74, 6) is 0.206. The van der Waals surface area contributed by atoms with E-state index in [0.29, 0.717) is 13.0 Å². The van der Waals surface area contributed by atoms with Crippen molar-refractivity contribution in [1.29, 1.82) is 0 Å². The molecular weight excluding hydrogens is 262 g/mol. The highest BCUT2D eigenvalue weighted by Gasteiger charge is 2.23. The van der Waals surface area contributed by atoms with Crippen LogP contribution in [0.1, 0.15) is 31.0 Å². The monoisotopic (exact) mass is 283 g/mol. The third kappa shape index (κ3) is 4.38. The Balaban J connectivity index is 1.94. The van der Waals surface area contributed by atoms with Crippen LogP contribution >= 0.6 is 0 Å². The molecule has 2 rings (SSSR count). The Morgan fingerprint density at radius 3 is 2.57 bits per heavy atom. The minimum absolute atomic E-state index is 0.0695. The van der Waals surface area contributed by atoms with Crippen molar-refractivity contribution in [2.24, 2.45) is 5.92 Å². The van der Waals surface area contributed by atoms with Crippen molar-refractivity contribution in [3.63, 3.8) is 0 Å². The standard InChI is InChI=1S/C17H21N3O/c1-13(2)16(14-6-4-3-5-7-14)17(21)20-9-8-15-12-18-10-11-19-15/h3-7,10-13,16H,8-9H2,1-2H3,(H,20,21). The molecule has 0 spiro atoms. The highest BCUT2D eigenvalue weighted by atomic mass is 16.1. The van der Waals surface area contributed by atoms with Gasteiger partial charge in [0.15, 0.2) is 0 Å². The number of hydrogen-bond acceptors (Lipinski definition) is 3. The number of carbonyl (C=O) groups is 1. The SMILES string of the molecule is CC(C)C(C(=O)NCCc1cnccn1)c1ccccc1. The van der Waals surface area contributed by atoms with Crippen LogP contribution < -0.4 is 5.32 Å². The largest absolute Gasteiger partial charge is 0.355 e. The zero-order valence-corrected chi connectivity index (χ0v) is 12.5. The molecule has 1 aromatic heterocycles. The summed E-state index contributed by atoms with van der Waals surface area (Å²) in [7, 11) is 0. The van der Waals surface area contributed by atoms with E-state index in [1.54, 1.807) is 18.6 Å². The van der Waals surface area contributed by atoms with E-state index in [9.17, 15) is 4.79 Å². The van der Waals surface area contributed by atoms with E-state index in [1.165, 1.54) is 0 Å². The van der Waals surface area contributed by atoms with Crippen molar-refractivity contribution in [1.82, 2.24) is 15.3 Å². The van der Waals surface area contributed by atoms with Crippen molar-refractivity contribution in [3.8, 4) is 0 Å². The first-order chi connectivity index (χ1) is 10.2. The number of hydrogen-bond donors (Lipinski definition) is 1. The highest BCUT2D eigenvalue weighted by Crippen LogP contribution is 2.24. The molecule has 0 radical (unpaired) electrons. The summed E-state index contributed by atoms with van der Waals surface area (Å²) in [6.07, 6.45) is 5.73. The van der Waals surface area contributed by atoms with E-state index >= 15 is 0 Å². The first-order valence-corrected chi connectivity index (χ1v) is 7.26. The van der Waals surface area contributed by atoms with Gasteiger partial charge in [0.05, 0.1) is 11.6 Å². The van der Waals surface area contributed by atoms with Gasteiger partial charge in [0, 0.05) is 31.6 Å². The Morgan fingerprint density at radius 1 is 1.19 bits per heavy atom. The molecular formula is C17H21N3O. The summed E-state index contributed by atoms with van der Waals surface area (Å²) in [5.41, 5.74) is 1.95. The average Bonchev–Trinajstić information content (AvgIpc) is 2.49. The molecule has 0 aliphatic carbocycles. The molecule has 4 nitrogen and oxygen atoms in total. The molecule has 1 N–H and O–H groups in total. The van der Waals surface area contributed by atoms with Crippen LogP contribution in [0.3, 0.4) is 0 Å². The van der Waals surface area contributed by atoms with Gasteiger partial charge in [0.1, 0.15) is 0 Å². The molecule has 21 heavy (non-hydrogen) atoms. The van der Waals surface area contributed by atoms with Crippen LogP contribution in [0.4, 0.5) is 0 Å². The third-order valence-electron chi connectivity index (χ3n) is 3.40. The number of carbonyl (C=O) groups excluding carboxylic acids is 1. The molecule has 0 aliphatic heterocycles. The van der Waals surface area contributed by atoms with Crippen LogP contribution in [-0.4, -0.2) is 22.4 Å². The molecule has 1 aromatic carbocycles. The first-order valence-electron chi connectivity index (χ1n) is 7.26. The van der Waals surface area contributed by atoms with Crippen LogP contribution in [0.25, 0.3) is 0 Å². The lowest BCUT2D eigenvalue weighted by Crippen LogP contribution is -2.33. The molecule has 1 atom stereocenters. The van der Waals surface area contributed by atoms with Gasteiger partial charge in [0.2, 0.25) is 5.91 Å². The zero-order valence-electron chi connectivity index (χ0n) is 12.5. The van der Waals surface area contributed by atoms with Crippen LogP contribution in [0.15, 0.2) is 48.9 Å². The topological polar surface area (TPSA) is 54.9 Å². The smallest absolute Gasteiger partial charge is 0.227 e. The van der Waals surface area contributed by atoms with Crippen LogP contribution in [0, 0.1) is 5.92 Å². The lowest BCUT2D eigenvalue weighted by molar-refractivity contribution is -0.123. The Morgan fingerprint density at radius 2 is 1.95 bits per heavy atom. The third-order valence-corrected chi connectivity index (χ3v) is 3.40. The quantitative estimate of drug-likeness (QED) is 0.886. The van der Waals surface area contributed by atoms with Gasteiger partial charge in [0.25, 0.3) is 0 Å². The summed E-state index contributed by atoms with van der Waals surface area (Å²) in [6.45, 7) is 4.72. The molecule has 1 unspecified atom stereocenters. The highest BCUT2D eigenvalue weighted by molar-refractivity contribution is 5.83. The number of aromatic nitrogens is 2. The van der Waals surface area contributed by atoms with E-state index in [-0.39, 0.29) is 17.7 Å². The number of benzene rings is 1. The van der Waals surface area contributed by atoms with Crippen molar-refractivity contribution in [2.75, 3.05) is 6.54 Å². The summed E-state index contributed by atoms with van der Waals surface area (Å²) in [5, 5.41) is 3.00. The van der Waals surface area contributed by atoms with E-state index in [4.69, 9.17) is 0 Å².